The molecule has 3 rings (SSSR count). The summed E-state index contributed by atoms with van der Waals surface area (Å²) in [6.07, 6.45) is 6.94. The fraction of sp³-hybridized carbons (Fsp3) is 0.364. The van der Waals surface area contributed by atoms with E-state index in [0.29, 0.717) is 16.7 Å². The number of H-pyrrole nitrogens is 1. The number of nitrogens with zero attached hydrogens (tertiary/aromatic N) is 2. The van der Waals surface area contributed by atoms with Crippen molar-refractivity contribution >= 4 is 17.1 Å². The van der Waals surface area contributed by atoms with Crippen LogP contribution in [-0.2, 0) is 0 Å². The monoisotopic (exact) mass is 216 g/mol. The average molecular weight is 216 g/mol. The van der Waals surface area contributed by atoms with Crippen LogP contribution in [0.3, 0.4) is 0 Å². The Morgan fingerprint density at radius 1 is 1.44 bits per heavy atom. The van der Waals surface area contributed by atoms with Gasteiger partial charge in [0, 0.05) is 24.1 Å². The molecule has 0 unspecified atom stereocenters. The van der Waals surface area contributed by atoms with E-state index in [1.54, 1.807) is 18.6 Å². The Kier molecular flexibility index (Phi) is 1.77. The predicted octanol–water partition coefficient (Wildman–Crippen LogP) is 1.24. The van der Waals surface area contributed by atoms with E-state index in [2.05, 4.69) is 20.3 Å². The van der Waals surface area contributed by atoms with Crippen LogP contribution in [0.25, 0.3) is 11.2 Å². The minimum Gasteiger partial charge on any atom is -0.347 e. The van der Waals surface area contributed by atoms with E-state index in [0.717, 1.165) is 12.8 Å². The lowest BCUT2D eigenvalue weighted by Gasteiger charge is -2.09. The van der Waals surface area contributed by atoms with Crippen LogP contribution in [0.2, 0.25) is 0 Å². The molecule has 2 aromatic heterocycles. The Morgan fingerprint density at radius 3 is 2.94 bits per heavy atom. The van der Waals surface area contributed by atoms with Crippen molar-refractivity contribution in [1.82, 2.24) is 20.3 Å². The van der Waals surface area contributed by atoms with Crippen molar-refractivity contribution in [2.24, 2.45) is 0 Å². The smallest absolute Gasteiger partial charge is 0.255 e. The van der Waals surface area contributed by atoms with E-state index < -0.39 is 0 Å². The zero-order valence-corrected chi connectivity index (χ0v) is 8.95. The zero-order chi connectivity index (χ0) is 11.2. The Balaban J connectivity index is 1.96. The molecule has 5 nitrogen and oxygen atoms in total. The number of rotatable bonds is 2. The van der Waals surface area contributed by atoms with Gasteiger partial charge in [-0.05, 0) is 19.8 Å². The molecule has 5 heteroatoms. The molecule has 1 aliphatic carbocycles. The number of amides is 1. The number of fused-ring (bicyclic) bond motifs is 1. The maximum atomic E-state index is 12.0. The summed E-state index contributed by atoms with van der Waals surface area (Å²) in [7, 11) is 0. The number of aromatic nitrogens is 3. The highest BCUT2D eigenvalue weighted by atomic mass is 16.1. The second-order valence-corrected chi connectivity index (χ2v) is 4.47. The highest BCUT2D eigenvalue weighted by Crippen LogP contribution is 2.34. The van der Waals surface area contributed by atoms with Gasteiger partial charge in [-0.2, -0.15) is 0 Å². The van der Waals surface area contributed by atoms with Crippen molar-refractivity contribution in [3.05, 3.63) is 24.2 Å². The largest absolute Gasteiger partial charge is 0.347 e. The van der Waals surface area contributed by atoms with E-state index in [1.165, 1.54) is 0 Å². The molecule has 1 fully saturated rings. The molecule has 0 spiro atoms. The van der Waals surface area contributed by atoms with Gasteiger partial charge in [-0.1, -0.05) is 0 Å². The number of nitrogens with one attached hydrogen (secondary N) is 2. The fourth-order valence-corrected chi connectivity index (χ4v) is 1.68. The summed E-state index contributed by atoms with van der Waals surface area (Å²) in [5, 5.41) is 3.00. The zero-order valence-electron chi connectivity index (χ0n) is 8.95. The van der Waals surface area contributed by atoms with Gasteiger partial charge in [0.15, 0.2) is 5.65 Å². The van der Waals surface area contributed by atoms with E-state index in [1.807, 2.05) is 6.92 Å². The van der Waals surface area contributed by atoms with Gasteiger partial charge in [0.2, 0.25) is 0 Å². The first-order valence-corrected chi connectivity index (χ1v) is 5.29. The number of carbonyl (C=O) groups is 1. The van der Waals surface area contributed by atoms with Crippen LogP contribution in [0.5, 0.6) is 0 Å². The molecule has 1 saturated carbocycles. The van der Waals surface area contributed by atoms with Crippen molar-refractivity contribution in [3.63, 3.8) is 0 Å². The summed E-state index contributed by atoms with van der Waals surface area (Å²) in [6.45, 7) is 2.05. The van der Waals surface area contributed by atoms with Gasteiger partial charge < -0.3 is 10.3 Å². The number of aromatic amines is 1. The minimum atomic E-state index is -0.0771. The quantitative estimate of drug-likeness (QED) is 0.793. The molecule has 1 aliphatic rings. The summed E-state index contributed by atoms with van der Waals surface area (Å²) in [6, 6.07) is 0. The third-order valence-corrected chi connectivity index (χ3v) is 2.97. The molecule has 0 saturated heterocycles. The van der Waals surface area contributed by atoms with Crippen LogP contribution in [0, 0.1) is 0 Å². The van der Waals surface area contributed by atoms with Crippen molar-refractivity contribution in [1.29, 1.82) is 0 Å². The van der Waals surface area contributed by atoms with Gasteiger partial charge in [-0.15, -0.1) is 0 Å². The van der Waals surface area contributed by atoms with E-state index in [-0.39, 0.29) is 11.4 Å². The van der Waals surface area contributed by atoms with E-state index >= 15 is 0 Å². The van der Waals surface area contributed by atoms with Crippen LogP contribution in [0.4, 0.5) is 0 Å². The van der Waals surface area contributed by atoms with Gasteiger partial charge >= 0.3 is 0 Å². The summed E-state index contributed by atoms with van der Waals surface area (Å²) in [4.78, 5) is 23.2. The minimum absolute atomic E-state index is 0.0110. The predicted molar refractivity (Wildman–Crippen MR) is 59.0 cm³/mol. The van der Waals surface area contributed by atoms with Crippen molar-refractivity contribution in [3.8, 4) is 0 Å². The first kappa shape index (κ1) is 9.33. The Hall–Kier alpha value is -1.91. The number of hydrogen-bond acceptors (Lipinski definition) is 3. The molecule has 2 N–H and O–H groups in total. The molecule has 2 heterocycles. The number of hydrogen-bond donors (Lipinski definition) is 2. The van der Waals surface area contributed by atoms with Gasteiger partial charge in [0.05, 0.1) is 5.56 Å². The van der Waals surface area contributed by atoms with Gasteiger partial charge in [0.1, 0.15) is 5.52 Å². The van der Waals surface area contributed by atoms with Crippen LogP contribution in [0.15, 0.2) is 18.6 Å². The standard InChI is InChI=1S/C11H12N4O/c1-11(2-3-11)15-10(16)7-6-14-9-8(7)12-4-5-13-9/h4-6H,2-3H2,1H3,(H,13,14)(H,15,16). The van der Waals surface area contributed by atoms with Crippen LogP contribution >= 0.6 is 0 Å². The lowest BCUT2D eigenvalue weighted by Crippen LogP contribution is -2.34. The third-order valence-electron chi connectivity index (χ3n) is 2.97. The second kappa shape index (κ2) is 3.04. The van der Waals surface area contributed by atoms with E-state index in [4.69, 9.17) is 0 Å². The molecule has 0 aliphatic heterocycles. The summed E-state index contributed by atoms with van der Waals surface area (Å²) >= 11 is 0. The molecule has 82 valence electrons. The van der Waals surface area contributed by atoms with Gasteiger partial charge in [0.25, 0.3) is 5.91 Å². The Bertz CT molecular complexity index is 556. The molecular weight excluding hydrogens is 204 g/mol. The van der Waals surface area contributed by atoms with E-state index in [9.17, 15) is 4.79 Å². The van der Waals surface area contributed by atoms with Crippen molar-refractivity contribution < 1.29 is 4.79 Å². The van der Waals surface area contributed by atoms with Crippen LogP contribution < -0.4 is 5.32 Å². The lowest BCUT2D eigenvalue weighted by molar-refractivity contribution is 0.0937. The Labute approximate surface area is 92.3 Å². The first-order chi connectivity index (χ1) is 7.68. The number of carbonyl (C=O) groups excluding carboxylic acids is 1. The third kappa shape index (κ3) is 1.44. The topological polar surface area (TPSA) is 70.7 Å². The molecule has 0 atom stereocenters. The summed E-state index contributed by atoms with van der Waals surface area (Å²) < 4.78 is 0. The van der Waals surface area contributed by atoms with Crippen molar-refractivity contribution in [2.75, 3.05) is 0 Å². The molecule has 0 radical (unpaired) electrons. The maximum Gasteiger partial charge on any atom is 0.255 e. The average Bonchev–Trinajstić information content (AvgIpc) is 2.84. The SMILES string of the molecule is CC1(NC(=O)c2c[nH]c3nccnc23)CC1. The molecule has 2 aromatic rings. The Morgan fingerprint density at radius 2 is 2.19 bits per heavy atom. The van der Waals surface area contributed by atoms with Crippen molar-refractivity contribution in [2.45, 2.75) is 25.3 Å². The van der Waals surface area contributed by atoms with Gasteiger partial charge in [-0.25, -0.2) is 4.98 Å². The highest BCUT2D eigenvalue weighted by molar-refractivity contribution is 6.04. The van der Waals surface area contributed by atoms with Gasteiger partial charge in [-0.3, -0.25) is 9.78 Å². The molecule has 1 amide bonds. The normalized spacial score (nSPS) is 17.3. The van der Waals surface area contributed by atoms with Crippen LogP contribution in [0.1, 0.15) is 30.1 Å². The highest BCUT2D eigenvalue weighted by Gasteiger charge is 2.39. The maximum absolute atomic E-state index is 12.0. The summed E-state index contributed by atoms with van der Waals surface area (Å²) in [5.41, 5.74) is 1.83. The molecule has 0 bridgehead atoms. The first-order valence-electron chi connectivity index (χ1n) is 5.29. The van der Waals surface area contributed by atoms with Crippen LogP contribution in [-0.4, -0.2) is 26.4 Å². The second-order valence-electron chi connectivity index (χ2n) is 4.47. The molecular formula is C11H12N4O. The molecule has 0 aromatic carbocycles. The lowest BCUT2D eigenvalue weighted by atomic mass is 10.2. The summed E-state index contributed by atoms with van der Waals surface area (Å²) in [5.74, 6) is -0.0771. The molecule has 16 heavy (non-hydrogen) atoms. The fourth-order valence-electron chi connectivity index (χ4n) is 1.68.